The molecule has 2 nitrogen and oxygen atoms in total. The molecule has 0 saturated heterocycles. The third-order valence-corrected chi connectivity index (χ3v) is 3.11. The van der Waals surface area contributed by atoms with Crippen LogP contribution in [-0.2, 0) is 11.3 Å². The zero-order valence-corrected chi connectivity index (χ0v) is 11.5. The molecule has 0 atom stereocenters. The molecule has 0 N–H and O–H groups in total. The van der Waals surface area contributed by atoms with E-state index in [0.717, 1.165) is 31.6 Å². The Morgan fingerprint density at radius 2 is 2.11 bits per heavy atom. The largest absolute Gasteiger partial charge is 0.385 e. The van der Waals surface area contributed by atoms with Crippen molar-refractivity contribution in [1.82, 2.24) is 5.06 Å². The molecule has 0 aromatic heterocycles. The maximum atomic E-state index is 5.69. The van der Waals surface area contributed by atoms with Crippen molar-refractivity contribution in [2.45, 2.75) is 26.2 Å². The molecule has 0 aliphatic carbocycles. The maximum Gasteiger partial charge on any atom is 0.125 e. The lowest BCUT2D eigenvalue weighted by Crippen LogP contribution is -2.19. The van der Waals surface area contributed by atoms with Gasteiger partial charge in [0.2, 0.25) is 0 Å². The molecule has 1 aromatic rings. The van der Waals surface area contributed by atoms with Crippen molar-refractivity contribution in [1.29, 1.82) is 0 Å². The van der Waals surface area contributed by atoms with E-state index in [2.05, 4.69) is 43.8 Å². The van der Waals surface area contributed by atoms with E-state index in [1.54, 1.807) is 0 Å². The van der Waals surface area contributed by atoms with Crippen LogP contribution in [0.5, 0.6) is 0 Å². The average Bonchev–Trinajstić information content (AvgIpc) is 2.43. The quantitative estimate of drug-likeness (QED) is 0.705. The van der Waals surface area contributed by atoms with Crippen molar-refractivity contribution >= 4 is 0 Å². The molecule has 0 bridgehead atoms. The number of hydrogen-bond donors (Lipinski definition) is 0. The summed E-state index contributed by atoms with van der Waals surface area (Å²) >= 11 is 0. The van der Waals surface area contributed by atoms with Gasteiger partial charge in [0.05, 0.1) is 6.54 Å². The van der Waals surface area contributed by atoms with Crippen molar-refractivity contribution in [2.24, 2.45) is 0 Å². The minimum Gasteiger partial charge on any atom is -0.385 e. The van der Waals surface area contributed by atoms with E-state index in [1.807, 2.05) is 23.4 Å². The monoisotopic (exact) mass is 255 g/mol. The summed E-state index contributed by atoms with van der Waals surface area (Å²) in [6.07, 6.45) is 9.16. The molecule has 0 fully saturated rings. The summed E-state index contributed by atoms with van der Waals surface area (Å²) in [5.74, 6) is 0.827. The van der Waals surface area contributed by atoms with Gasteiger partial charge in [-0.15, -0.1) is 0 Å². The second kappa shape index (κ2) is 6.83. The Labute approximate surface area is 115 Å². The lowest BCUT2D eigenvalue weighted by Gasteiger charge is -2.23. The first-order chi connectivity index (χ1) is 9.24. The van der Waals surface area contributed by atoms with Crippen LogP contribution in [0.25, 0.3) is 0 Å². The Balaban J connectivity index is 1.67. The van der Waals surface area contributed by atoms with Gasteiger partial charge in [-0.25, -0.2) is 5.06 Å². The molecule has 0 spiro atoms. The predicted molar refractivity (Wildman–Crippen MR) is 79.2 cm³/mol. The van der Waals surface area contributed by atoms with Crippen molar-refractivity contribution < 1.29 is 4.84 Å². The average molecular weight is 255 g/mol. The first-order valence-electron chi connectivity index (χ1n) is 6.75. The van der Waals surface area contributed by atoms with Crippen LogP contribution in [0.4, 0.5) is 0 Å². The summed E-state index contributed by atoms with van der Waals surface area (Å²) in [4.78, 5) is 5.69. The van der Waals surface area contributed by atoms with Crippen LogP contribution in [0.2, 0.25) is 0 Å². The normalized spacial score (nSPS) is 14.2. The van der Waals surface area contributed by atoms with E-state index < -0.39 is 0 Å². The van der Waals surface area contributed by atoms with E-state index in [4.69, 9.17) is 4.84 Å². The number of aryl methyl sites for hydroxylation is 1. The first kappa shape index (κ1) is 13.5. The molecule has 0 unspecified atom stereocenters. The standard InChI is InChI=1S/C17H21NO/c1-15-11-13-18(14-12-15)19-16(2)7-6-10-17-8-4-3-5-9-17/h3-5,8-9,11-13H,2,6-7,10,14H2,1H3. The molecule has 0 saturated carbocycles. The second-order valence-corrected chi connectivity index (χ2v) is 4.83. The topological polar surface area (TPSA) is 12.5 Å². The third-order valence-electron chi connectivity index (χ3n) is 3.11. The Morgan fingerprint density at radius 1 is 1.32 bits per heavy atom. The molecule has 1 aromatic carbocycles. The molecule has 2 rings (SSSR count). The summed E-state index contributed by atoms with van der Waals surface area (Å²) < 4.78 is 0. The van der Waals surface area contributed by atoms with Gasteiger partial charge in [0.1, 0.15) is 5.76 Å². The Hall–Kier alpha value is -1.96. The number of rotatable bonds is 6. The minimum atomic E-state index is 0.792. The Bertz CT molecular complexity index is 473. The zero-order valence-electron chi connectivity index (χ0n) is 11.5. The highest BCUT2D eigenvalue weighted by Gasteiger charge is 2.05. The fourth-order valence-corrected chi connectivity index (χ4v) is 1.98. The van der Waals surface area contributed by atoms with Crippen LogP contribution in [0.15, 0.2) is 66.6 Å². The molecular formula is C17H21NO. The van der Waals surface area contributed by atoms with Gasteiger partial charge in [0.15, 0.2) is 0 Å². The van der Waals surface area contributed by atoms with Gasteiger partial charge in [-0.2, -0.15) is 0 Å². The van der Waals surface area contributed by atoms with Crippen molar-refractivity contribution in [2.75, 3.05) is 6.54 Å². The maximum absolute atomic E-state index is 5.69. The van der Waals surface area contributed by atoms with Crippen LogP contribution in [0, 0.1) is 0 Å². The van der Waals surface area contributed by atoms with Gasteiger partial charge in [-0.05, 0) is 31.4 Å². The van der Waals surface area contributed by atoms with Gasteiger partial charge in [-0.3, -0.25) is 0 Å². The molecule has 0 radical (unpaired) electrons. The molecular weight excluding hydrogens is 234 g/mol. The van der Waals surface area contributed by atoms with E-state index in [9.17, 15) is 0 Å². The van der Waals surface area contributed by atoms with Gasteiger partial charge < -0.3 is 4.84 Å². The molecule has 1 aliphatic heterocycles. The molecule has 1 heterocycles. The van der Waals surface area contributed by atoms with Crippen LogP contribution in [0.3, 0.4) is 0 Å². The summed E-state index contributed by atoms with van der Waals surface area (Å²) in [5.41, 5.74) is 2.64. The highest BCUT2D eigenvalue weighted by atomic mass is 16.7. The van der Waals surface area contributed by atoms with Gasteiger partial charge in [-0.1, -0.05) is 48.6 Å². The van der Waals surface area contributed by atoms with Crippen LogP contribution >= 0.6 is 0 Å². The fraction of sp³-hybridized carbons (Fsp3) is 0.294. The van der Waals surface area contributed by atoms with E-state index in [1.165, 1.54) is 11.1 Å². The molecule has 2 heteroatoms. The molecule has 0 amide bonds. The smallest absolute Gasteiger partial charge is 0.125 e. The van der Waals surface area contributed by atoms with Crippen LogP contribution in [-0.4, -0.2) is 11.6 Å². The predicted octanol–water partition coefficient (Wildman–Crippen LogP) is 4.23. The molecule has 1 aliphatic rings. The summed E-state index contributed by atoms with van der Waals surface area (Å²) in [5, 5.41) is 1.82. The number of nitrogens with zero attached hydrogens (tertiary/aromatic N) is 1. The number of allylic oxidation sites excluding steroid dienone is 3. The summed E-state index contributed by atoms with van der Waals surface area (Å²) in [7, 11) is 0. The summed E-state index contributed by atoms with van der Waals surface area (Å²) in [6.45, 7) is 6.86. The van der Waals surface area contributed by atoms with Crippen molar-refractivity contribution in [3.63, 3.8) is 0 Å². The van der Waals surface area contributed by atoms with E-state index in [0.29, 0.717) is 0 Å². The van der Waals surface area contributed by atoms with Gasteiger partial charge in [0.25, 0.3) is 0 Å². The highest BCUT2D eigenvalue weighted by molar-refractivity contribution is 5.19. The minimum absolute atomic E-state index is 0.792. The van der Waals surface area contributed by atoms with Gasteiger partial charge in [0, 0.05) is 12.6 Å². The van der Waals surface area contributed by atoms with E-state index in [-0.39, 0.29) is 0 Å². The molecule has 19 heavy (non-hydrogen) atoms. The summed E-state index contributed by atoms with van der Waals surface area (Å²) in [6, 6.07) is 10.5. The van der Waals surface area contributed by atoms with Crippen LogP contribution in [0.1, 0.15) is 25.3 Å². The number of hydrogen-bond acceptors (Lipinski definition) is 2. The Morgan fingerprint density at radius 3 is 2.79 bits per heavy atom. The number of hydroxylamine groups is 2. The SMILES string of the molecule is C=C(CCCc1ccccc1)ON1C=CC(C)=CC1. The van der Waals surface area contributed by atoms with Crippen LogP contribution < -0.4 is 0 Å². The lowest BCUT2D eigenvalue weighted by molar-refractivity contribution is -0.0703. The van der Waals surface area contributed by atoms with Crippen molar-refractivity contribution in [3.8, 4) is 0 Å². The lowest BCUT2D eigenvalue weighted by atomic mass is 10.1. The second-order valence-electron chi connectivity index (χ2n) is 4.83. The highest BCUT2D eigenvalue weighted by Crippen LogP contribution is 2.14. The third kappa shape index (κ3) is 4.66. The molecule has 100 valence electrons. The Kier molecular flexibility index (Phi) is 4.85. The fourth-order valence-electron chi connectivity index (χ4n) is 1.98. The van der Waals surface area contributed by atoms with Gasteiger partial charge >= 0.3 is 0 Å². The van der Waals surface area contributed by atoms with E-state index >= 15 is 0 Å². The number of benzene rings is 1. The zero-order chi connectivity index (χ0) is 13.5. The first-order valence-corrected chi connectivity index (χ1v) is 6.75. The van der Waals surface area contributed by atoms with Crippen molar-refractivity contribution in [3.05, 3.63) is 72.2 Å².